The van der Waals surface area contributed by atoms with E-state index in [4.69, 9.17) is 5.73 Å². The van der Waals surface area contributed by atoms with Crippen molar-refractivity contribution in [1.82, 2.24) is 0 Å². The molecule has 12 heavy (non-hydrogen) atoms. The number of carbonyl (C=O) groups excluding carboxylic acids is 1. The second kappa shape index (κ2) is 3.69. The van der Waals surface area contributed by atoms with Crippen LogP contribution < -0.4 is 5.73 Å². The zero-order valence-electron chi connectivity index (χ0n) is 7.03. The Kier molecular flexibility index (Phi) is 2.83. The van der Waals surface area contributed by atoms with Gasteiger partial charge in [-0.1, -0.05) is 0 Å². The molecule has 1 atom stereocenters. The summed E-state index contributed by atoms with van der Waals surface area (Å²) in [4.78, 5) is 11.6. The summed E-state index contributed by atoms with van der Waals surface area (Å²) in [7, 11) is 1.37. The van der Waals surface area contributed by atoms with Crippen LogP contribution in [0.25, 0.3) is 0 Å². The van der Waals surface area contributed by atoms with Gasteiger partial charge in [-0.2, -0.15) is 0 Å². The van der Waals surface area contributed by atoms with Crippen LogP contribution in [0.1, 0.15) is 28.2 Å². The smallest absolute Gasteiger partial charge is 0.348 e. The van der Waals surface area contributed by atoms with Gasteiger partial charge in [0.1, 0.15) is 4.88 Å². The number of nitrogens with two attached hydrogens (primary N) is 1. The van der Waals surface area contributed by atoms with Crippen molar-refractivity contribution in [3.63, 3.8) is 0 Å². The van der Waals surface area contributed by atoms with E-state index < -0.39 is 0 Å². The van der Waals surface area contributed by atoms with E-state index >= 15 is 0 Å². The fraction of sp³-hybridized carbons (Fsp3) is 0.375. The van der Waals surface area contributed by atoms with E-state index in [2.05, 4.69) is 4.74 Å². The van der Waals surface area contributed by atoms with E-state index in [0.717, 1.165) is 5.56 Å². The molecular formula is C8H11NO2S. The summed E-state index contributed by atoms with van der Waals surface area (Å²) in [5.41, 5.74) is 6.60. The predicted molar refractivity (Wildman–Crippen MR) is 48.3 cm³/mol. The maximum Gasteiger partial charge on any atom is 0.348 e. The Labute approximate surface area is 75.1 Å². The molecule has 4 heteroatoms. The van der Waals surface area contributed by atoms with Gasteiger partial charge in [0.2, 0.25) is 0 Å². The molecule has 0 spiro atoms. The van der Waals surface area contributed by atoms with Gasteiger partial charge in [0, 0.05) is 6.04 Å². The van der Waals surface area contributed by atoms with Crippen LogP contribution >= 0.6 is 11.3 Å². The average molecular weight is 185 g/mol. The number of ether oxygens (including phenoxy) is 1. The van der Waals surface area contributed by atoms with Crippen molar-refractivity contribution < 1.29 is 9.53 Å². The molecule has 0 aliphatic heterocycles. The van der Waals surface area contributed by atoms with Gasteiger partial charge < -0.3 is 10.5 Å². The van der Waals surface area contributed by atoms with Gasteiger partial charge in [-0.3, -0.25) is 0 Å². The van der Waals surface area contributed by atoms with Crippen LogP contribution in [0.15, 0.2) is 11.4 Å². The van der Waals surface area contributed by atoms with Gasteiger partial charge in [0.15, 0.2) is 0 Å². The third-order valence-corrected chi connectivity index (χ3v) is 2.46. The van der Waals surface area contributed by atoms with E-state index in [-0.39, 0.29) is 12.0 Å². The van der Waals surface area contributed by atoms with Crippen molar-refractivity contribution in [2.24, 2.45) is 5.73 Å². The van der Waals surface area contributed by atoms with Gasteiger partial charge in [-0.25, -0.2) is 4.79 Å². The molecule has 0 aliphatic rings. The van der Waals surface area contributed by atoms with E-state index in [1.54, 1.807) is 6.07 Å². The van der Waals surface area contributed by atoms with Crippen molar-refractivity contribution in [1.29, 1.82) is 0 Å². The van der Waals surface area contributed by atoms with Gasteiger partial charge in [-0.05, 0) is 23.9 Å². The van der Waals surface area contributed by atoms with Crippen LogP contribution in [0.4, 0.5) is 0 Å². The summed E-state index contributed by atoms with van der Waals surface area (Å²) in [5.74, 6) is -0.299. The second-order valence-electron chi connectivity index (χ2n) is 2.52. The average Bonchev–Trinajstić information content (AvgIpc) is 2.51. The molecular weight excluding hydrogens is 174 g/mol. The highest BCUT2D eigenvalue weighted by Crippen LogP contribution is 2.19. The monoisotopic (exact) mass is 185 g/mol. The number of hydrogen-bond acceptors (Lipinski definition) is 4. The first-order valence-electron chi connectivity index (χ1n) is 3.57. The quantitative estimate of drug-likeness (QED) is 0.711. The SMILES string of the molecule is COC(=O)c1cc(C(C)N)cs1. The Hall–Kier alpha value is -0.870. The summed E-state index contributed by atoms with van der Waals surface area (Å²) in [6.45, 7) is 1.88. The van der Waals surface area contributed by atoms with Crippen molar-refractivity contribution in [3.05, 3.63) is 21.9 Å². The Bertz CT molecular complexity index is 280. The molecule has 0 aliphatic carbocycles. The van der Waals surface area contributed by atoms with E-state index in [1.165, 1.54) is 18.4 Å². The first-order chi connectivity index (χ1) is 5.65. The lowest BCUT2D eigenvalue weighted by Gasteiger charge is -1.98. The maximum absolute atomic E-state index is 11.0. The molecule has 1 unspecified atom stereocenters. The topological polar surface area (TPSA) is 52.3 Å². The maximum atomic E-state index is 11.0. The molecule has 3 nitrogen and oxygen atoms in total. The molecule has 0 radical (unpaired) electrons. The number of methoxy groups -OCH3 is 1. The lowest BCUT2D eigenvalue weighted by Crippen LogP contribution is -2.03. The highest BCUT2D eigenvalue weighted by molar-refractivity contribution is 7.12. The van der Waals surface area contributed by atoms with Gasteiger partial charge in [0.05, 0.1) is 7.11 Å². The highest BCUT2D eigenvalue weighted by Gasteiger charge is 2.10. The minimum Gasteiger partial charge on any atom is -0.465 e. The minimum absolute atomic E-state index is 0.0281. The molecule has 0 bridgehead atoms. The lowest BCUT2D eigenvalue weighted by molar-refractivity contribution is 0.0606. The molecule has 0 amide bonds. The molecule has 0 fully saturated rings. The van der Waals surface area contributed by atoms with Gasteiger partial charge in [-0.15, -0.1) is 11.3 Å². The highest BCUT2D eigenvalue weighted by atomic mass is 32.1. The number of thiophene rings is 1. The zero-order valence-corrected chi connectivity index (χ0v) is 7.85. The molecule has 1 heterocycles. The van der Waals surface area contributed by atoms with Crippen LogP contribution in [0.2, 0.25) is 0 Å². The molecule has 2 N–H and O–H groups in total. The molecule has 66 valence electrons. The Morgan fingerprint density at radius 1 is 1.75 bits per heavy atom. The second-order valence-corrected chi connectivity index (χ2v) is 3.44. The van der Waals surface area contributed by atoms with Crippen molar-refractivity contribution >= 4 is 17.3 Å². The minimum atomic E-state index is -0.299. The Balaban J connectivity index is 2.84. The molecule has 0 aromatic carbocycles. The number of carbonyl (C=O) groups is 1. The van der Waals surface area contributed by atoms with Crippen molar-refractivity contribution in [2.45, 2.75) is 13.0 Å². The normalized spacial score (nSPS) is 12.6. The molecule has 0 saturated carbocycles. The standard InChI is InChI=1S/C8H11NO2S/c1-5(9)6-3-7(12-4-6)8(10)11-2/h3-5H,9H2,1-2H3. The molecule has 0 saturated heterocycles. The Morgan fingerprint density at radius 2 is 2.42 bits per heavy atom. The largest absolute Gasteiger partial charge is 0.465 e. The first-order valence-corrected chi connectivity index (χ1v) is 4.45. The Morgan fingerprint density at radius 3 is 2.83 bits per heavy atom. The van der Waals surface area contributed by atoms with E-state index in [9.17, 15) is 4.79 Å². The summed E-state index contributed by atoms with van der Waals surface area (Å²) in [6.07, 6.45) is 0. The fourth-order valence-corrected chi connectivity index (χ4v) is 1.73. The summed E-state index contributed by atoms with van der Waals surface area (Å²) < 4.78 is 4.56. The third-order valence-electron chi connectivity index (χ3n) is 1.53. The van der Waals surface area contributed by atoms with Crippen LogP contribution in [0.3, 0.4) is 0 Å². The number of rotatable bonds is 2. The van der Waals surface area contributed by atoms with Crippen LogP contribution in [0, 0.1) is 0 Å². The first kappa shape index (κ1) is 9.22. The summed E-state index contributed by atoms with van der Waals surface area (Å²) >= 11 is 1.36. The van der Waals surface area contributed by atoms with Crippen LogP contribution in [0.5, 0.6) is 0 Å². The predicted octanol–water partition coefficient (Wildman–Crippen LogP) is 1.55. The number of hydrogen-bond donors (Lipinski definition) is 1. The zero-order chi connectivity index (χ0) is 9.14. The molecule has 1 aromatic rings. The third kappa shape index (κ3) is 1.84. The van der Waals surface area contributed by atoms with Crippen LogP contribution in [-0.4, -0.2) is 13.1 Å². The van der Waals surface area contributed by atoms with Gasteiger partial charge in [0.25, 0.3) is 0 Å². The number of esters is 1. The van der Waals surface area contributed by atoms with E-state index in [1.807, 2.05) is 12.3 Å². The van der Waals surface area contributed by atoms with Crippen molar-refractivity contribution in [3.8, 4) is 0 Å². The van der Waals surface area contributed by atoms with E-state index in [0.29, 0.717) is 4.88 Å². The molecule has 1 rings (SSSR count). The molecule has 1 aromatic heterocycles. The summed E-state index contributed by atoms with van der Waals surface area (Å²) in [6, 6.07) is 1.74. The fourth-order valence-electron chi connectivity index (χ4n) is 0.797. The lowest BCUT2D eigenvalue weighted by atomic mass is 10.2. The van der Waals surface area contributed by atoms with Gasteiger partial charge >= 0.3 is 5.97 Å². The summed E-state index contributed by atoms with van der Waals surface area (Å²) in [5, 5.41) is 1.87. The van der Waals surface area contributed by atoms with Crippen LogP contribution in [-0.2, 0) is 4.74 Å². The van der Waals surface area contributed by atoms with Crippen molar-refractivity contribution in [2.75, 3.05) is 7.11 Å².